The molecule has 1 heterocycles. The summed E-state index contributed by atoms with van der Waals surface area (Å²) in [5, 5.41) is 11.4. The van der Waals surface area contributed by atoms with Gasteiger partial charge in [0.05, 0.1) is 33.7 Å². The standard InChI is InChI=1S/C14H12Cl2N4O2S/c1-8(2)23(21,22)12-4-3-9(6-17)5-11(12)19-13-10(15)7-18-14(16)20-13/h3-5,7-8H,1-2H3,(H,18,19,20). The highest BCUT2D eigenvalue weighted by atomic mass is 35.5. The Hall–Kier alpha value is -1.88. The lowest BCUT2D eigenvalue weighted by Gasteiger charge is -2.15. The molecule has 0 spiro atoms. The van der Waals surface area contributed by atoms with Crippen LogP contribution in [0, 0.1) is 11.3 Å². The predicted octanol–water partition coefficient (Wildman–Crippen LogP) is 3.58. The largest absolute Gasteiger partial charge is 0.338 e. The molecule has 2 aromatic rings. The monoisotopic (exact) mass is 370 g/mol. The normalized spacial score (nSPS) is 11.3. The second kappa shape index (κ2) is 6.71. The second-order valence-electron chi connectivity index (χ2n) is 4.88. The number of rotatable bonds is 4. The van der Waals surface area contributed by atoms with Crippen LogP contribution < -0.4 is 5.32 Å². The third-order valence-corrected chi connectivity index (χ3v) is 5.67. The summed E-state index contributed by atoms with van der Waals surface area (Å²) in [6, 6.07) is 6.20. The molecule has 2 rings (SSSR count). The molecular formula is C14H12Cl2N4O2S. The molecule has 23 heavy (non-hydrogen) atoms. The van der Waals surface area contributed by atoms with Gasteiger partial charge in [0.25, 0.3) is 0 Å². The molecule has 0 aliphatic heterocycles. The number of nitriles is 1. The van der Waals surface area contributed by atoms with Gasteiger partial charge >= 0.3 is 0 Å². The highest BCUT2D eigenvalue weighted by Crippen LogP contribution is 2.31. The van der Waals surface area contributed by atoms with E-state index in [0.29, 0.717) is 5.56 Å². The number of nitrogens with one attached hydrogen (secondary N) is 1. The molecule has 0 saturated heterocycles. The molecule has 9 heteroatoms. The number of benzene rings is 1. The average molecular weight is 371 g/mol. The molecule has 120 valence electrons. The van der Waals surface area contributed by atoms with Crippen LogP contribution in [0.15, 0.2) is 29.3 Å². The zero-order valence-electron chi connectivity index (χ0n) is 12.2. The number of hydrogen-bond donors (Lipinski definition) is 1. The quantitative estimate of drug-likeness (QED) is 0.826. The van der Waals surface area contributed by atoms with Crippen molar-refractivity contribution in [1.29, 1.82) is 5.26 Å². The zero-order chi connectivity index (χ0) is 17.2. The summed E-state index contributed by atoms with van der Waals surface area (Å²) in [5.41, 5.74) is 0.501. The molecule has 0 atom stereocenters. The van der Waals surface area contributed by atoms with E-state index in [1.54, 1.807) is 13.8 Å². The second-order valence-corrected chi connectivity index (χ2v) is 8.09. The van der Waals surface area contributed by atoms with Gasteiger partial charge in [-0.05, 0) is 43.6 Å². The summed E-state index contributed by atoms with van der Waals surface area (Å²) in [7, 11) is -3.57. The third-order valence-electron chi connectivity index (χ3n) is 3.00. The van der Waals surface area contributed by atoms with E-state index < -0.39 is 15.1 Å². The molecule has 0 radical (unpaired) electrons. The lowest BCUT2D eigenvalue weighted by Crippen LogP contribution is -2.16. The molecule has 1 aromatic heterocycles. The number of aromatic nitrogens is 2. The average Bonchev–Trinajstić information content (AvgIpc) is 2.50. The van der Waals surface area contributed by atoms with E-state index in [1.165, 1.54) is 24.4 Å². The zero-order valence-corrected chi connectivity index (χ0v) is 14.5. The van der Waals surface area contributed by atoms with Crippen molar-refractivity contribution in [2.75, 3.05) is 5.32 Å². The van der Waals surface area contributed by atoms with Crippen molar-refractivity contribution in [2.45, 2.75) is 24.0 Å². The van der Waals surface area contributed by atoms with Crippen LogP contribution in [0.3, 0.4) is 0 Å². The fourth-order valence-electron chi connectivity index (χ4n) is 1.76. The topological polar surface area (TPSA) is 95.7 Å². The lowest BCUT2D eigenvalue weighted by molar-refractivity contribution is 0.588. The van der Waals surface area contributed by atoms with Gasteiger partial charge in [0.2, 0.25) is 5.28 Å². The number of anilines is 2. The Bertz CT molecular complexity index is 892. The Morgan fingerprint density at radius 1 is 1.30 bits per heavy atom. The number of sulfone groups is 1. The lowest BCUT2D eigenvalue weighted by atomic mass is 10.2. The van der Waals surface area contributed by atoms with Gasteiger partial charge in [-0.25, -0.2) is 13.4 Å². The van der Waals surface area contributed by atoms with Crippen LogP contribution in [0.5, 0.6) is 0 Å². The van der Waals surface area contributed by atoms with Crippen LogP contribution in [-0.2, 0) is 9.84 Å². The Balaban J connectivity index is 2.60. The molecule has 0 saturated carbocycles. The Morgan fingerprint density at radius 2 is 2.00 bits per heavy atom. The first kappa shape index (κ1) is 17.5. The summed E-state index contributed by atoms with van der Waals surface area (Å²) in [6.07, 6.45) is 1.30. The van der Waals surface area contributed by atoms with E-state index in [2.05, 4.69) is 15.3 Å². The summed E-state index contributed by atoms with van der Waals surface area (Å²) < 4.78 is 25.0. The third kappa shape index (κ3) is 3.72. The molecular weight excluding hydrogens is 359 g/mol. The van der Waals surface area contributed by atoms with E-state index in [9.17, 15) is 8.42 Å². The SMILES string of the molecule is CC(C)S(=O)(=O)c1ccc(C#N)cc1Nc1nc(Cl)ncc1Cl. The van der Waals surface area contributed by atoms with Crippen LogP contribution in [0.2, 0.25) is 10.3 Å². The van der Waals surface area contributed by atoms with Crippen molar-refractivity contribution in [1.82, 2.24) is 9.97 Å². The van der Waals surface area contributed by atoms with Crippen molar-refractivity contribution < 1.29 is 8.42 Å². The maximum Gasteiger partial charge on any atom is 0.224 e. The first-order chi connectivity index (χ1) is 10.8. The summed E-state index contributed by atoms with van der Waals surface area (Å²) in [5.74, 6) is 0.155. The maximum atomic E-state index is 12.5. The van der Waals surface area contributed by atoms with Crippen molar-refractivity contribution >= 4 is 44.5 Å². The highest BCUT2D eigenvalue weighted by molar-refractivity contribution is 7.92. The summed E-state index contributed by atoms with van der Waals surface area (Å²) >= 11 is 11.7. The smallest absolute Gasteiger partial charge is 0.224 e. The molecule has 1 aromatic carbocycles. The van der Waals surface area contributed by atoms with E-state index in [1.807, 2.05) is 6.07 Å². The number of hydrogen-bond acceptors (Lipinski definition) is 6. The van der Waals surface area contributed by atoms with Gasteiger partial charge < -0.3 is 5.32 Å². The van der Waals surface area contributed by atoms with Crippen molar-refractivity contribution in [3.8, 4) is 6.07 Å². The van der Waals surface area contributed by atoms with Crippen LogP contribution in [-0.4, -0.2) is 23.6 Å². The Labute approximate surface area is 144 Å². The number of nitrogens with zero attached hydrogens (tertiary/aromatic N) is 3. The van der Waals surface area contributed by atoms with E-state index in [-0.39, 0.29) is 26.7 Å². The van der Waals surface area contributed by atoms with Crippen molar-refractivity contribution in [2.24, 2.45) is 0 Å². The molecule has 0 bridgehead atoms. The Kier molecular flexibility index (Phi) is 5.09. The van der Waals surface area contributed by atoms with E-state index in [0.717, 1.165) is 0 Å². The molecule has 1 N–H and O–H groups in total. The van der Waals surface area contributed by atoms with Gasteiger partial charge in [-0.1, -0.05) is 11.6 Å². The molecule has 0 unspecified atom stereocenters. The first-order valence-corrected chi connectivity index (χ1v) is 8.79. The van der Waals surface area contributed by atoms with Gasteiger partial charge in [-0.3, -0.25) is 0 Å². The molecule has 0 aliphatic rings. The fourth-order valence-corrected chi connectivity index (χ4v) is 3.21. The summed E-state index contributed by atoms with van der Waals surface area (Å²) in [4.78, 5) is 7.70. The van der Waals surface area contributed by atoms with Crippen LogP contribution in [0.1, 0.15) is 19.4 Å². The van der Waals surface area contributed by atoms with Crippen LogP contribution >= 0.6 is 23.2 Å². The molecule has 0 amide bonds. The van der Waals surface area contributed by atoms with E-state index >= 15 is 0 Å². The van der Waals surface area contributed by atoms with Crippen LogP contribution in [0.25, 0.3) is 0 Å². The summed E-state index contributed by atoms with van der Waals surface area (Å²) in [6.45, 7) is 3.15. The van der Waals surface area contributed by atoms with Gasteiger partial charge in [0.1, 0.15) is 5.02 Å². The van der Waals surface area contributed by atoms with Gasteiger partial charge in [-0.15, -0.1) is 0 Å². The molecule has 0 aliphatic carbocycles. The van der Waals surface area contributed by atoms with Gasteiger partial charge in [0.15, 0.2) is 15.7 Å². The molecule has 0 fully saturated rings. The van der Waals surface area contributed by atoms with Crippen molar-refractivity contribution in [3.05, 3.63) is 40.3 Å². The van der Waals surface area contributed by atoms with Gasteiger partial charge in [-0.2, -0.15) is 10.2 Å². The molecule has 6 nitrogen and oxygen atoms in total. The number of halogens is 2. The predicted molar refractivity (Wildman–Crippen MR) is 88.8 cm³/mol. The Morgan fingerprint density at radius 3 is 2.61 bits per heavy atom. The minimum absolute atomic E-state index is 0.0402. The first-order valence-electron chi connectivity index (χ1n) is 6.49. The minimum Gasteiger partial charge on any atom is -0.338 e. The van der Waals surface area contributed by atoms with Crippen molar-refractivity contribution in [3.63, 3.8) is 0 Å². The maximum absolute atomic E-state index is 12.5. The van der Waals surface area contributed by atoms with Gasteiger partial charge in [0, 0.05) is 0 Å². The van der Waals surface area contributed by atoms with E-state index in [4.69, 9.17) is 28.5 Å². The minimum atomic E-state index is -3.57. The van der Waals surface area contributed by atoms with Crippen LogP contribution in [0.4, 0.5) is 11.5 Å². The fraction of sp³-hybridized carbons (Fsp3) is 0.214. The highest BCUT2D eigenvalue weighted by Gasteiger charge is 2.23.